The van der Waals surface area contributed by atoms with Crippen LogP contribution in [0.2, 0.25) is 5.02 Å². The Kier molecular flexibility index (Phi) is 9.72. The molecule has 3 aromatic rings. The first kappa shape index (κ1) is 28.2. The molecule has 0 saturated heterocycles. The summed E-state index contributed by atoms with van der Waals surface area (Å²) in [5, 5.41) is 3.42. The highest BCUT2D eigenvalue weighted by atomic mass is 35.5. The van der Waals surface area contributed by atoms with Crippen molar-refractivity contribution in [3.63, 3.8) is 0 Å². The normalized spacial score (nSPS) is 12.1. The van der Waals surface area contributed by atoms with Gasteiger partial charge in [-0.25, -0.2) is 8.42 Å². The van der Waals surface area contributed by atoms with Crippen LogP contribution in [0.5, 0.6) is 0 Å². The van der Waals surface area contributed by atoms with Gasteiger partial charge in [0.1, 0.15) is 12.6 Å². The van der Waals surface area contributed by atoms with Crippen LogP contribution < -0.4 is 9.62 Å². The summed E-state index contributed by atoms with van der Waals surface area (Å²) in [5.74, 6) is -0.583. The molecular formula is C28H32ClN3O4S. The molecule has 0 aliphatic rings. The van der Waals surface area contributed by atoms with E-state index in [1.54, 1.807) is 79.7 Å². The number of carbonyl (C=O) groups excluding carboxylic acids is 2. The van der Waals surface area contributed by atoms with Crippen molar-refractivity contribution in [2.75, 3.05) is 17.4 Å². The Morgan fingerprint density at radius 2 is 1.43 bits per heavy atom. The lowest BCUT2D eigenvalue weighted by atomic mass is 10.1. The van der Waals surface area contributed by atoms with Gasteiger partial charge in [0.25, 0.3) is 10.0 Å². The van der Waals surface area contributed by atoms with Crippen LogP contribution in [0.15, 0.2) is 89.8 Å². The van der Waals surface area contributed by atoms with E-state index >= 15 is 0 Å². The lowest BCUT2D eigenvalue weighted by Gasteiger charge is -2.32. The Bertz CT molecular complexity index is 1280. The molecule has 7 nitrogen and oxygen atoms in total. The topological polar surface area (TPSA) is 86.8 Å². The zero-order valence-corrected chi connectivity index (χ0v) is 22.7. The highest BCUT2D eigenvalue weighted by molar-refractivity contribution is 7.92. The summed E-state index contributed by atoms with van der Waals surface area (Å²) in [4.78, 5) is 28.2. The van der Waals surface area contributed by atoms with E-state index in [0.717, 1.165) is 9.87 Å². The smallest absolute Gasteiger partial charge is 0.264 e. The molecule has 37 heavy (non-hydrogen) atoms. The molecule has 0 radical (unpaired) electrons. The van der Waals surface area contributed by atoms with Crippen molar-refractivity contribution in [3.05, 3.63) is 95.5 Å². The quantitative estimate of drug-likeness (QED) is 0.380. The van der Waals surface area contributed by atoms with Gasteiger partial charge in [-0.1, -0.05) is 74.0 Å². The summed E-state index contributed by atoms with van der Waals surface area (Å²) in [6.07, 6.45) is 0. The van der Waals surface area contributed by atoms with E-state index in [1.807, 2.05) is 13.8 Å². The first-order valence-corrected chi connectivity index (χ1v) is 13.9. The maximum atomic E-state index is 13.8. The van der Waals surface area contributed by atoms with Gasteiger partial charge in [0.15, 0.2) is 0 Å². The Balaban J connectivity index is 1.96. The minimum atomic E-state index is -4.06. The van der Waals surface area contributed by atoms with E-state index < -0.39 is 28.5 Å². The van der Waals surface area contributed by atoms with E-state index in [0.29, 0.717) is 17.3 Å². The molecule has 0 unspecified atom stereocenters. The van der Waals surface area contributed by atoms with Crippen LogP contribution >= 0.6 is 11.6 Å². The maximum Gasteiger partial charge on any atom is 0.264 e. The summed E-state index contributed by atoms with van der Waals surface area (Å²) < 4.78 is 28.3. The van der Waals surface area contributed by atoms with E-state index in [9.17, 15) is 18.0 Å². The minimum Gasteiger partial charge on any atom is -0.354 e. The number of hydrogen-bond donors (Lipinski definition) is 1. The summed E-state index contributed by atoms with van der Waals surface area (Å²) in [5.41, 5.74) is 1.11. The number of sulfonamides is 1. The number of para-hydroxylation sites is 1. The van der Waals surface area contributed by atoms with E-state index in [4.69, 9.17) is 11.6 Å². The Hall–Kier alpha value is -3.36. The fourth-order valence-corrected chi connectivity index (χ4v) is 5.23. The molecule has 3 aromatic carbocycles. The van der Waals surface area contributed by atoms with Crippen molar-refractivity contribution in [2.45, 2.75) is 38.3 Å². The van der Waals surface area contributed by atoms with Gasteiger partial charge in [0.2, 0.25) is 11.8 Å². The number of nitrogens with zero attached hydrogens (tertiary/aromatic N) is 2. The molecule has 1 atom stereocenters. The third-order valence-corrected chi connectivity index (χ3v) is 7.81. The summed E-state index contributed by atoms with van der Waals surface area (Å²) in [7, 11) is -4.06. The predicted molar refractivity (Wildman–Crippen MR) is 147 cm³/mol. The molecule has 0 aliphatic heterocycles. The van der Waals surface area contributed by atoms with Gasteiger partial charge < -0.3 is 10.2 Å². The van der Waals surface area contributed by atoms with E-state index in [-0.39, 0.29) is 23.3 Å². The monoisotopic (exact) mass is 541 g/mol. The number of benzene rings is 3. The highest BCUT2D eigenvalue weighted by Crippen LogP contribution is 2.24. The van der Waals surface area contributed by atoms with Crippen LogP contribution in [0.4, 0.5) is 5.69 Å². The molecule has 0 aromatic heterocycles. The van der Waals surface area contributed by atoms with Gasteiger partial charge in [-0.3, -0.25) is 13.9 Å². The SMILES string of the molecule is CC(C)CNC(=O)[C@H](C)N(Cc1ccc(Cl)cc1)C(=O)CN(c1ccccc1)S(=O)(=O)c1ccccc1. The van der Waals surface area contributed by atoms with E-state index in [1.165, 1.54) is 17.0 Å². The Morgan fingerprint density at radius 3 is 2.00 bits per heavy atom. The van der Waals surface area contributed by atoms with Crippen molar-refractivity contribution >= 4 is 39.1 Å². The van der Waals surface area contributed by atoms with Gasteiger partial charge in [-0.05, 0) is 54.8 Å². The van der Waals surface area contributed by atoms with E-state index in [2.05, 4.69) is 5.32 Å². The number of rotatable bonds is 11. The molecule has 0 bridgehead atoms. The molecule has 0 heterocycles. The van der Waals surface area contributed by atoms with Crippen molar-refractivity contribution in [1.29, 1.82) is 0 Å². The Labute approximate surface area is 224 Å². The predicted octanol–water partition coefficient (Wildman–Crippen LogP) is 4.72. The molecule has 0 fully saturated rings. The second-order valence-corrected chi connectivity index (χ2v) is 11.4. The number of nitrogens with one attached hydrogen (secondary N) is 1. The van der Waals surface area contributed by atoms with Crippen molar-refractivity contribution < 1.29 is 18.0 Å². The third-order valence-electron chi connectivity index (χ3n) is 5.77. The molecule has 0 aliphatic carbocycles. The van der Waals surface area contributed by atoms with Gasteiger partial charge in [0, 0.05) is 18.1 Å². The molecule has 1 N–H and O–H groups in total. The van der Waals surface area contributed by atoms with Crippen LogP contribution in [0, 0.1) is 5.92 Å². The number of carbonyl (C=O) groups is 2. The van der Waals surface area contributed by atoms with Crippen LogP contribution in [0.3, 0.4) is 0 Å². The Morgan fingerprint density at radius 1 is 0.865 bits per heavy atom. The summed E-state index contributed by atoms with van der Waals surface area (Å²) >= 11 is 6.02. The summed E-state index contributed by atoms with van der Waals surface area (Å²) in [6.45, 7) is 5.70. The largest absolute Gasteiger partial charge is 0.354 e. The standard InChI is InChI=1S/C28H32ClN3O4S/c1-21(2)18-30-28(34)22(3)31(19-23-14-16-24(29)17-15-23)27(33)20-32(25-10-6-4-7-11-25)37(35,36)26-12-8-5-9-13-26/h4-17,21-22H,18-20H2,1-3H3,(H,30,34)/t22-/m0/s1. The van der Waals surface area contributed by atoms with Crippen LogP contribution in [0.25, 0.3) is 0 Å². The number of hydrogen-bond acceptors (Lipinski definition) is 4. The molecule has 9 heteroatoms. The van der Waals surface area contributed by atoms with Crippen LogP contribution in [-0.4, -0.2) is 44.3 Å². The lowest BCUT2D eigenvalue weighted by Crippen LogP contribution is -2.51. The van der Waals surface area contributed by atoms with Gasteiger partial charge in [0.05, 0.1) is 10.6 Å². The molecule has 0 saturated carbocycles. The molecular weight excluding hydrogens is 510 g/mol. The number of halogens is 1. The third kappa shape index (κ3) is 7.57. The fraction of sp³-hybridized carbons (Fsp3) is 0.286. The molecule has 3 rings (SSSR count). The average Bonchev–Trinajstić information content (AvgIpc) is 2.90. The highest BCUT2D eigenvalue weighted by Gasteiger charge is 2.32. The summed E-state index contributed by atoms with van der Waals surface area (Å²) in [6, 6.07) is 22.6. The van der Waals surface area contributed by atoms with Crippen molar-refractivity contribution in [1.82, 2.24) is 10.2 Å². The minimum absolute atomic E-state index is 0.0682. The zero-order valence-electron chi connectivity index (χ0n) is 21.2. The fourth-order valence-electron chi connectivity index (χ4n) is 3.66. The first-order valence-electron chi connectivity index (χ1n) is 12.0. The zero-order chi connectivity index (χ0) is 27.0. The van der Waals surface area contributed by atoms with Crippen molar-refractivity contribution in [3.8, 4) is 0 Å². The van der Waals surface area contributed by atoms with Crippen LogP contribution in [0.1, 0.15) is 26.3 Å². The van der Waals surface area contributed by atoms with Gasteiger partial charge in [-0.2, -0.15) is 0 Å². The number of amides is 2. The van der Waals surface area contributed by atoms with Gasteiger partial charge >= 0.3 is 0 Å². The molecule has 196 valence electrons. The van der Waals surface area contributed by atoms with Gasteiger partial charge in [-0.15, -0.1) is 0 Å². The average molecular weight is 542 g/mol. The van der Waals surface area contributed by atoms with Crippen LogP contribution in [-0.2, 0) is 26.2 Å². The molecule has 0 spiro atoms. The second-order valence-electron chi connectivity index (χ2n) is 9.12. The lowest BCUT2D eigenvalue weighted by molar-refractivity contribution is -0.139. The maximum absolute atomic E-state index is 13.8. The first-order chi connectivity index (χ1) is 17.6. The number of anilines is 1. The molecule has 2 amide bonds. The van der Waals surface area contributed by atoms with Crippen molar-refractivity contribution in [2.24, 2.45) is 5.92 Å². The second kappa shape index (κ2) is 12.7.